The first-order valence-corrected chi connectivity index (χ1v) is 5.45. The maximum atomic E-state index is 11.6. The van der Waals surface area contributed by atoms with Crippen LogP contribution in [0.5, 0.6) is 0 Å². The third kappa shape index (κ3) is 2.78. The standard InChI is InChI=1S/C13H20O2/c1-9(14)5-6-11-10(2)12(15)7-8-13(11,3)4/h5-6,9,14H,7-8H2,1-4H3. The number of aliphatic hydroxyl groups is 1. The Balaban J connectivity index is 3.07. The first-order valence-electron chi connectivity index (χ1n) is 5.45. The lowest BCUT2D eigenvalue weighted by molar-refractivity contribution is -0.116. The first kappa shape index (κ1) is 12.2. The van der Waals surface area contributed by atoms with Crippen molar-refractivity contribution in [2.45, 2.75) is 46.6 Å². The van der Waals surface area contributed by atoms with Crippen LogP contribution in [0.3, 0.4) is 0 Å². The number of allylic oxidation sites excluding steroid dienone is 3. The normalized spacial score (nSPS) is 23.7. The second-order valence-electron chi connectivity index (χ2n) is 4.95. The summed E-state index contributed by atoms with van der Waals surface area (Å²) >= 11 is 0. The average molecular weight is 208 g/mol. The quantitative estimate of drug-likeness (QED) is 0.757. The van der Waals surface area contributed by atoms with Crippen molar-refractivity contribution in [3.05, 3.63) is 23.3 Å². The molecule has 2 heteroatoms. The summed E-state index contributed by atoms with van der Waals surface area (Å²) in [5, 5.41) is 9.21. The Hall–Kier alpha value is -0.890. The van der Waals surface area contributed by atoms with E-state index in [1.807, 2.05) is 13.0 Å². The molecule has 0 aromatic heterocycles. The predicted molar refractivity (Wildman–Crippen MR) is 61.5 cm³/mol. The molecule has 0 amide bonds. The highest BCUT2D eigenvalue weighted by atomic mass is 16.3. The third-order valence-electron chi connectivity index (χ3n) is 3.07. The Bertz CT molecular complexity index is 319. The molecule has 0 aromatic rings. The van der Waals surface area contributed by atoms with Crippen molar-refractivity contribution in [2.24, 2.45) is 5.41 Å². The van der Waals surface area contributed by atoms with Gasteiger partial charge in [-0.3, -0.25) is 4.79 Å². The molecule has 1 atom stereocenters. The number of aliphatic hydroxyl groups excluding tert-OH is 1. The number of ketones is 1. The van der Waals surface area contributed by atoms with Crippen LogP contribution in [0.15, 0.2) is 23.3 Å². The Kier molecular flexibility index (Phi) is 3.50. The smallest absolute Gasteiger partial charge is 0.158 e. The Morgan fingerprint density at radius 1 is 1.47 bits per heavy atom. The molecular formula is C13H20O2. The fourth-order valence-corrected chi connectivity index (χ4v) is 1.99. The minimum absolute atomic E-state index is 0.0450. The van der Waals surface area contributed by atoms with Gasteiger partial charge in [-0.25, -0.2) is 0 Å². The van der Waals surface area contributed by atoms with Gasteiger partial charge in [-0.1, -0.05) is 26.0 Å². The van der Waals surface area contributed by atoms with Crippen molar-refractivity contribution in [2.75, 3.05) is 0 Å². The highest BCUT2D eigenvalue weighted by Crippen LogP contribution is 2.39. The van der Waals surface area contributed by atoms with E-state index in [-0.39, 0.29) is 11.2 Å². The fraction of sp³-hybridized carbons (Fsp3) is 0.615. The molecule has 1 aliphatic carbocycles. The van der Waals surface area contributed by atoms with E-state index in [2.05, 4.69) is 13.8 Å². The molecule has 0 spiro atoms. The molecule has 0 aromatic carbocycles. The van der Waals surface area contributed by atoms with E-state index < -0.39 is 6.10 Å². The molecule has 2 nitrogen and oxygen atoms in total. The van der Waals surface area contributed by atoms with E-state index in [1.54, 1.807) is 13.0 Å². The van der Waals surface area contributed by atoms with Gasteiger partial charge in [-0.15, -0.1) is 0 Å². The minimum atomic E-state index is -0.460. The summed E-state index contributed by atoms with van der Waals surface area (Å²) in [6.07, 6.45) is 4.71. The molecule has 0 saturated heterocycles. The fourth-order valence-electron chi connectivity index (χ4n) is 1.99. The summed E-state index contributed by atoms with van der Waals surface area (Å²) < 4.78 is 0. The molecule has 0 radical (unpaired) electrons. The lowest BCUT2D eigenvalue weighted by Gasteiger charge is -2.32. The molecule has 0 saturated carbocycles. The van der Waals surface area contributed by atoms with Gasteiger partial charge in [0.25, 0.3) is 0 Å². The lowest BCUT2D eigenvalue weighted by Crippen LogP contribution is -2.24. The van der Waals surface area contributed by atoms with Crippen LogP contribution in [-0.4, -0.2) is 17.0 Å². The van der Waals surface area contributed by atoms with Crippen LogP contribution in [0.1, 0.15) is 40.5 Å². The van der Waals surface area contributed by atoms with Crippen LogP contribution in [0.25, 0.3) is 0 Å². The largest absolute Gasteiger partial charge is 0.389 e. The van der Waals surface area contributed by atoms with Gasteiger partial charge in [-0.2, -0.15) is 0 Å². The molecular weight excluding hydrogens is 188 g/mol. The van der Waals surface area contributed by atoms with Crippen LogP contribution in [0.4, 0.5) is 0 Å². The highest BCUT2D eigenvalue weighted by Gasteiger charge is 2.30. The van der Waals surface area contributed by atoms with Crippen LogP contribution in [-0.2, 0) is 4.79 Å². The molecule has 0 fully saturated rings. The topological polar surface area (TPSA) is 37.3 Å². The summed E-state index contributed by atoms with van der Waals surface area (Å²) in [5.74, 6) is 0.236. The maximum absolute atomic E-state index is 11.6. The number of hydrogen-bond acceptors (Lipinski definition) is 2. The first-order chi connectivity index (χ1) is 6.84. The average Bonchev–Trinajstić information content (AvgIpc) is 2.11. The monoisotopic (exact) mass is 208 g/mol. The van der Waals surface area contributed by atoms with Crippen molar-refractivity contribution in [3.8, 4) is 0 Å². The van der Waals surface area contributed by atoms with E-state index in [0.29, 0.717) is 6.42 Å². The van der Waals surface area contributed by atoms with E-state index in [4.69, 9.17) is 0 Å². The Labute approximate surface area is 91.7 Å². The van der Waals surface area contributed by atoms with Gasteiger partial charge >= 0.3 is 0 Å². The number of carbonyl (C=O) groups excluding carboxylic acids is 1. The zero-order valence-corrected chi connectivity index (χ0v) is 10.0. The predicted octanol–water partition coefficient (Wildman–Crippen LogP) is 2.63. The zero-order valence-electron chi connectivity index (χ0n) is 10.0. The number of Topliss-reactive ketones (excluding diaryl/α,β-unsaturated/α-hetero) is 1. The maximum Gasteiger partial charge on any atom is 0.158 e. The third-order valence-corrected chi connectivity index (χ3v) is 3.07. The van der Waals surface area contributed by atoms with Crippen molar-refractivity contribution in [3.63, 3.8) is 0 Å². The molecule has 84 valence electrons. The van der Waals surface area contributed by atoms with Crippen LogP contribution in [0, 0.1) is 5.41 Å². The number of hydrogen-bond donors (Lipinski definition) is 1. The number of rotatable bonds is 2. The van der Waals surface area contributed by atoms with Gasteiger partial charge in [-0.05, 0) is 36.8 Å². The van der Waals surface area contributed by atoms with Crippen molar-refractivity contribution in [1.82, 2.24) is 0 Å². The zero-order chi connectivity index (χ0) is 11.6. The highest BCUT2D eigenvalue weighted by molar-refractivity contribution is 5.97. The Morgan fingerprint density at radius 3 is 2.60 bits per heavy atom. The van der Waals surface area contributed by atoms with Crippen LogP contribution >= 0.6 is 0 Å². The van der Waals surface area contributed by atoms with Crippen LogP contribution in [0.2, 0.25) is 0 Å². The van der Waals surface area contributed by atoms with E-state index in [0.717, 1.165) is 17.6 Å². The van der Waals surface area contributed by atoms with Gasteiger partial charge in [0.2, 0.25) is 0 Å². The van der Waals surface area contributed by atoms with Crippen LogP contribution < -0.4 is 0 Å². The van der Waals surface area contributed by atoms with Gasteiger partial charge in [0, 0.05) is 6.42 Å². The SMILES string of the molecule is CC1=C(C=CC(C)O)C(C)(C)CCC1=O. The van der Waals surface area contributed by atoms with Crippen molar-refractivity contribution in [1.29, 1.82) is 0 Å². The van der Waals surface area contributed by atoms with Crippen molar-refractivity contribution >= 4 is 5.78 Å². The van der Waals surface area contributed by atoms with Gasteiger partial charge in [0.1, 0.15) is 0 Å². The molecule has 15 heavy (non-hydrogen) atoms. The molecule has 1 N–H and O–H groups in total. The molecule has 1 rings (SSSR count). The van der Waals surface area contributed by atoms with E-state index in [1.165, 1.54) is 0 Å². The van der Waals surface area contributed by atoms with E-state index in [9.17, 15) is 9.90 Å². The molecule has 1 aliphatic rings. The molecule has 1 unspecified atom stereocenters. The van der Waals surface area contributed by atoms with Gasteiger partial charge in [0.15, 0.2) is 5.78 Å². The summed E-state index contributed by atoms with van der Waals surface area (Å²) in [6, 6.07) is 0. The lowest BCUT2D eigenvalue weighted by atomic mass is 9.72. The summed E-state index contributed by atoms with van der Waals surface area (Å²) in [5.41, 5.74) is 1.96. The summed E-state index contributed by atoms with van der Waals surface area (Å²) in [6.45, 7) is 7.88. The molecule has 0 aliphatic heterocycles. The Morgan fingerprint density at radius 2 is 2.07 bits per heavy atom. The summed E-state index contributed by atoms with van der Waals surface area (Å²) in [7, 11) is 0. The molecule has 0 heterocycles. The minimum Gasteiger partial charge on any atom is -0.389 e. The molecule has 0 bridgehead atoms. The van der Waals surface area contributed by atoms with Gasteiger partial charge in [0.05, 0.1) is 6.10 Å². The van der Waals surface area contributed by atoms with E-state index >= 15 is 0 Å². The van der Waals surface area contributed by atoms with Gasteiger partial charge < -0.3 is 5.11 Å². The van der Waals surface area contributed by atoms with Crippen molar-refractivity contribution < 1.29 is 9.90 Å². The number of carbonyl (C=O) groups is 1. The second-order valence-corrected chi connectivity index (χ2v) is 4.95. The summed E-state index contributed by atoms with van der Waals surface area (Å²) in [4.78, 5) is 11.6. The second kappa shape index (κ2) is 4.31.